The lowest BCUT2D eigenvalue weighted by molar-refractivity contribution is 0.414. The fourth-order valence-electron chi connectivity index (χ4n) is 1.26. The van der Waals surface area contributed by atoms with Crippen LogP contribution in [-0.2, 0) is 6.42 Å². The van der Waals surface area contributed by atoms with Crippen LogP contribution in [0.15, 0.2) is 29.4 Å². The minimum absolute atomic E-state index is 0.291. The van der Waals surface area contributed by atoms with Crippen molar-refractivity contribution in [1.29, 1.82) is 0 Å². The van der Waals surface area contributed by atoms with Gasteiger partial charge in [-0.2, -0.15) is 5.10 Å². The Hall–Kier alpha value is -1.66. The fourth-order valence-corrected chi connectivity index (χ4v) is 1.30. The first kappa shape index (κ1) is 13.4. The third kappa shape index (κ3) is 4.80. The predicted octanol–water partition coefficient (Wildman–Crippen LogP) is 0.951. The van der Waals surface area contributed by atoms with Gasteiger partial charge in [-0.05, 0) is 36.8 Å². The van der Waals surface area contributed by atoms with Crippen molar-refractivity contribution in [3.05, 3.63) is 29.8 Å². The van der Waals surface area contributed by atoms with Gasteiger partial charge in [0.25, 0.3) is 0 Å². The number of benzene rings is 1. The Kier molecular flexibility index (Phi) is 5.38. The lowest BCUT2D eigenvalue weighted by Crippen LogP contribution is -2.37. The first-order valence-electron chi connectivity index (χ1n) is 5.08. The Labute approximate surface area is 106 Å². The zero-order chi connectivity index (χ0) is 12.7. The number of nitrogens with two attached hydrogens (primary N) is 1. The Balaban J connectivity index is 2.54. The number of hydrazone groups is 1. The number of rotatable bonds is 4. The van der Waals surface area contributed by atoms with Crippen LogP contribution >= 0.6 is 12.2 Å². The molecule has 6 heteroatoms. The SMILES string of the molecule is COc1ccc(C/C(C)=N/NC(=S)NN)cc1. The second kappa shape index (κ2) is 6.82. The average molecular weight is 252 g/mol. The molecule has 1 rings (SSSR count). The Morgan fingerprint density at radius 3 is 2.59 bits per heavy atom. The van der Waals surface area contributed by atoms with Crippen molar-refractivity contribution < 1.29 is 4.74 Å². The van der Waals surface area contributed by atoms with Crippen LogP contribution in [0.1, 0.15) is 12.5 Å². The Bertz CT molecular complexity index is 402. The molecule has 92 valence electrons. The lowest BCUT2D eigenvalue weighted by Gasteiger charge is -2.05. The summed E-state index contributed by atoms with van der Waals surface area (Å²) in [4.78, 5) is 0. The van der Waals surface area contributed by atoms with Crippen LogP contribution in [0.25, 0.3) is 0 Å². The van der Waals surface area contributed by atoms with Gasteiger partial charge < -0.3 is 4.74 Å². The number of nitrogens with one attached hydrogen (secondary N) is 2. The first-order valence-corrected chi connectivity index (χ1v) is 5.49. The zero-order valence-corrected chi connectivity index (χ0v) is 10.7. The van der Waals surface area contributed by atoms with Gasteiger partial charge in [-0.3, -0.25) is 10.9 Å². The van der Waals surface area contributed by atoms with Crippen LogP contribution in [0.5, 0.6) is 5.75 Å². The molecule has 1 aromatic carbocycles. The molecule has 0 amide bonds. The van der Waals surface area contributed by atoms with Gasteiger partial charge in [0.2, 0.25) is 5.11 Å². The van der Waals surface area contributed by atoms with E-state index in [1.54, 1.807) is 7.11 Å². The molecule has 0 spiro atoms. The van der Waals surface area contributed by atoms with Gasteiger partial charge in [-0.25, -0.2) is 5.84 Å². The molecule has 17 heavy (non-hydrogen) atoms. The highest BCUT2D eigenvalue weighted by Crippen LogP contribution is 2.11. The van der Waals surface area contributed by atoms with E-state index in [-0.39, 0.29) is 0 Å². The smallest absolute Gasteiger partial charge is 0.201 e. The van der Waals surface area contributed by atoms with E-state index in [1.165, 1.54) is 0 Å². The summed E-state index contributed by atoms with van der Waals surface area (Å²) in [5.74, 6) is 5.95. The summed E-state index contributed by atoms with van der Waals surface area (Å²) < 4.78 is 5.09. The number of methoxy groups -OCH3 is 1. The normalized spacial score (nSPS) is 10.9. The second-order valence-corrected chi connectivity index (χ2v) is 3.87. The van der Waals surface area contributed by atoms with Crippen molar-refractivity contribution >= 4 is 23.0 Å². The molecule has 0 heterocycles. The minimum Gasteiger partial charge on any atom is -0.497 e. The summed E-state index contributed by atoms with van der Waals surface area (Å²) in [6.45, 7) is 1.91. The van der Waals surface area contributed by atoms with Crippen molar-refractivity contribution in [3.8, 4) is 5.75 Å². The van der Waals surface area contributed by atoms with Gasteiger partial charge in [0.1, 0.15) is 5.75 Å². The molecule has 4 N–H and O–H groups in total. The molecule has 0 aliphatic heterocycles. The lowest BCUT2D eigenvalue weighted by atomic mass is 10.1. The molecule has 0 saturated heterocycles. The molecule has 0 aliphatic carbocycles. The molecule has 0 radical (unpaired) electrons. The third-order valence-corrected chi connectivity index (χ3v) is 2.31. The molecule has 1 aromatic rings. The topological polar surface area (TPSA) is 71.7 Å². The van der Waals surface area contributed by atoms with E-state index >= 15 is 0 Å². The number of nitrogens with zero attached hydrogens (tertiary/aromatic N) is 1. The summed E-state index contributed by atoms with van der Waals surface area (Å²) in [6, 6.07) is 7.83. The highest BCUT2D eigenvalue weighted by Gasteiger charge is 1.97. The van der Waals surface area contributed by atoms with E-state index in [9.17, 15) is 0 Å². The van der Waals surface area contributed by atoms with E-state index in [4.69, 9.17) is 22.8 Å². The fraction of sp³-hybridized carbons (Fsp3) is 0.273. The Morgan fingerprint density at radius 2 is 2.06 bits per heavy atom. The summed E-state index contributed by atoms with van der Waals surface area (Å²) in [6.07, 6.45) is 0.740. The highest BCUT2D eigenvalue weighted by atomic mass is 32.1. The Morgan fingerprint density at radius 1 is 1.41 bits per heavy atom. The zero-order valence-electron chi connectivity index (χ0n) is 9.86. The maximum absolute atomic E-state index is 5.11. The van der Waals surface area contributed by atoms with Crippen molar-refractivity contribution in [3.63, 3.8) is 0 Å². The van der Waals surface area contributed by atoms with Gasteiger partial charge in [-0.1, -0.05) is 12.1 Å². The third-order valence-electron chi connectivity index (χ3n) is 2.10. The standard InChI is InChI=1S/C11H16N4OS/c1-8(14-15-11(17)13-12)7-9-3-5-10(16-2)6-4-9/h3-6H,7,12H2,1-2H3,(H2,13,15,17)/b14-8+. The largest absolute Gasteiger partial charge is 0.497 e. The molecule has 0 aliphatic rings. The van der Waals surface area contributed by atoms with Crippen molar-refractivity contribution in [2.45, 2.75) is 13.3 Å². The van der Waals surface area contributed by atoms with E-state index in [1.807, 2.05) is 31.2 Å². The monoisotopic (exact) mass is 252 g/mol. The summed E-state index contributed by atoms with van der Waals surface area (Å²) >= 11 is 4.80. The predicted molar refractivity (Wildman–Crippen MR) is 72.9 cm³/mol. The van der Waals surface area contributed by atoms with Gasteiger partial charge in [0.15, 0.2) is 0 Å². The van der Waals surface area contributed by atoms with Crippen LogP contribution in [0.4, 0.5) is 0 Å². The van der Waals surface area contributed by atoms with Crippen LogP contribution in [0.3, 0.4) is 0 Å². The highest BCUT2D eigenvalue weighted by molar-refractivity contribution is 7.80. The van der Waals surface area contributed by atoms with Gasteiger partial charge in [-0.15, -0.1) is 0 Å². The molecular weight excluding hydrogens is 236 g/mol. The summed E-state index contributed by atoms with van der Waals surface area (Å²) in [5.41, 5.74) is 6.99. The quantitative estimate of drug-likeness (QED) is 0.322. The van der Waals surface area contributed by atoms with Crippen LogP contribution < -0.4 is 21.4 Å². The van der Waals surface area contributed by atoms with Gasteiger partial charge in [0.05, 0.1) is 7.11 Å². The van der Waals surface area contributed by atoms with E-state index in [2.05, 4.69) is 16.0 Å². The molecular formula is C11H16N4OS. The van der Waals surface area contributed by atoms with Crippen LogP contribution in [-0.4, -0.2) is 17.9 Å². The maximum atomic E-state index is 5.11. The number of thiocarbonyl (C=S) groups is 1. The number of hydrazine groups is 1. The first-order chi connectivity index (χ1) is 8.15. The van der Waals surface area contributed by atoms with Crippen molar-refractivity contribution in [1.82, 2.24) is 10.9 Å². The number of hydrogen-bond donors (Lipinski definition) is 3. The number of hydrogen-bond acceptors (Lipinski definition) is 4. The summed E-state index contributed by atoms with van der Waals surface area (Å²) in [5, 5.41) is 4.38. The van der Waals surface area contributed by atoms with E-state index < -0.39 is 0 Å². The molecule has 5 nitrogen and oxygen atoms in total. The van der Waals surface area contributed by atoms with Gasteiger partial charge in [0, 0.05) is 12.1 Å². The van der Waals surface area contributed by atoms with E-state index in [0.717, 1.165) is 23.4 Å². The second-order valence-electron chi connectivity index (χ2n) is 3.46. The maximum Gasteiger partial charge on any atom is 0.201 e. The number of ether oxygens (including phenoxy) is 1. The molecule has 0 saturated carbocycles. The molecule has 0 fully saturated rings. The van der Waals surface area contributed by atoms with Crippen LogP contribution in [0.2, 0.25) is 0 Å². The minimum atomic E-state index is 0.291. The molecule has 0 bridgehead atoms. The molecule has 0 unspecified atom stereocenters. The summed E-state index contributed by atoms with van der Waals surface area (Å²) in [7, 11) is 1.65. The van der Waals surface area contributed by atoms with Crippen molar-refractivity contribution in [2.24, 2.45) is 10.9 Å². The van der Waals surface area contributed by atoms with Crippen LogP contribution in [0, 0.1) is 0 Å². The van der Waals surface area contributed by atoms with E-state index in [0.29, 0.717) is 5.11 Å². The molecule has 0 atom stereocenters. The van der Waals surface area contributed by atoms with Crippen molar-refractivity contribution in [2.75, 3.05) is 7.11 Å². The van der Waals surface area contributed by atoms with Gasteiger partial charge >= 0.3 is 0 Å². The average Bonchev–Trinajstić information content (AvgIpc) is 2.36. The molecule has 0 aromatic heterocycles.